The Labute approximate surface area is 118 Å². The van der Waals surface area contributed by atoms with Gasteiger partial charge < -0.3 is 14.8 Å². The highest BCUT2D eigenvalue weighted by Gasteiger charge is 2.07. The van der Waals surface area contributed by atoms with Crippen LogP contribution in [-0.4, -0.2) is 10.1 Å². The molecule has 0 aliphatic carbocycles. The highest BCUT2D eigenvalue weighted by atomic mass is 79.9. The van der Waals surface area contributed by atoms with Gasteiger partial charge in [0, 0.05) is 5.69 Å². The Balaban J connectivity index is 1.78. The molecule has 3 rings (SSSR count). The Morgan fingerprint density at radius 2 is 1.95 bits per heavy atom. The summed E-state index contributed by atoms with van der Waals surface area (Å²) in [5.41, 5.74) is 2.49. The number of para-hydroxylation sites is 1. The summed E-state index contributed by atoms with van der Waals surface area (Å²) in [6.45, 7) is 0.492. The molecule has 0 spiro atoms. The number of phenols is 1. The lowest BCUT2D eigenvalue weighted by molar-refractivity contribution is 0.475. The van der Waals surface area contributed by atoms with Crippen molar-refractivity contribution in [2.45, 2.75) is 6.54 Å². The summed E-state index contributed by atoms with van der Waals surface area (Å²) >= 11 is 3.43. The molecular formula is C14H11BrN2O2. The van der Waals surface area contributed by atoms with Crippen LogP contribution < -0.4 is 5.32 Å². The van der Waals surface area contributed by atoms with Gasteiger partial charge in [-0.3, -0.25) is 0 Å². The third kappa shape index (κ3) is 2.56. The predicted molar refractivity (Wildman–Crippen MR) is 77.1 cm³/mol. The van der Waals surface area contributed by atoms with Crippen LogP contribution in [0, 0.1) is 0 Å². The number of nitrogens with one attached hydrogen (secondary N) is 1. The zero-order valence-corrected chi connectivity index (χ0v) is 11.5. The topological polar surface area (TPSA) is 58.3 Å². The van der Waals surface area contributed by atoms with E-state index in [2.05, 4.69) is 26.2 Å². The maximum Gasteiger partial charge on any atom is 0.214 e. The lowest BCUT2D eigenvalue weighted by atomic mass is 10.3. The predicted octanol–water partition coefficient (Wildman–Crippen LogP) is 3.91. The Morgan fingerprint density at radius 3 is 2.68 bits per heavy atom. The third-order valence-corrected chi connectivity index (χ3v) is 3.35. The Bertz CT molecular complexity index is 707. The van der Waals surface area contributed by atoms with Gasteiger partial charge in [0.15, 0.2) is 5.58 Å². The second-order valence-corrected chi connectivity index (χ2v) is 4.95. The summed E-state index contributed by atoms with van der Waals surface area (Å²) in [7, 11) is 0. The second kappa shape index (κ2) is 4.93. The molecular weight excluding hydrogens is 308 g/mol. The number of fused-ring (bicyclic) bond motifs is 1. The number of anilines is 1. The van der Waals surface area contributed by atoms with E-state index < -0.39 is 0 Å². The van der Waals surface area contributed by atoms with Crippen molar-refractivity contribution >= 4 is 32.7 Å². The number of benzene rings is 2. The minimum Gasteiger partial charge on any atom is -0.508 e. The highest BCUT2D eigenvalue weighted by Crippen LogP contribution is 2.24. The van der Waals surface area contributed by atoms with Crippen molar-refractivity contribution in [3.05, 3.63) is 52.8 Å². The summed E-state index contributed by atoms with van der Waals surface area (Å²) in [6.07, 6.45) is 0. The summed E-state index contributed by atoms with van der Waals surface area (Å²) in [5, 5.41) is 12.4. The first-order chi connectivity index (χ1) is 9.22. The van der Waals surface area contributed by atoms with Gasteiger partial charge >= 0.3 is 0 Å². The summed E-state index contributed by atoms with van der Waals surface area (Å²) in [5.74, 6) is 0.867. The maximum atomic E-state index is 9.20. The van der Waals surface area contributed by atoms with Gasteiger partial charge in [0.2, 0.25) is 5.89 Å². The number of hydrogen-bond donors (Lipinski definition) is 2. The third-order valence-electron chi connectivity index (χ3n) is 2.72. The number of halogens is 1. The number of rotatable bonds is 3. The first kappa shape index (κ1) is 12.0. The molecule has 0 aliphatic rings. The largest absolute Gasteiger partial charge is 0.508 e. The molecule has 0 saturated carbocycles. The highest BCUT2D eigenvalue weighted by molar-refractivity contribution is 9.10. The molecule has 1 heterocycles. The normalized spacial score (nSPS) is 10.8. The molecule has 2 aromatic carbocycles. The van der Waals surface area contributed by atoms with Crippen molar-refractivity contribution in [2.75, 3.05) is 5.32 Å². The molecule has 0 saturated heterocycles. The van der Waals surface area contributed by atoms with E-state index in [1.54, 1.807) is 24.3 Å². The van der Waals surface area contributed by atoms with Crippen molar-refractivity contribution < 1.29 is 9.52 Å². The van der Waals surface area contributed by atoms with Crippen LogP contribution in [0.3, 0.4) is 0 Å². The van der Waals surface area contributed by atoms with Crippen LogP contribution in [0.1, 0.15) is 5.89 Å². The molecule has 0 aliphatic heterocycles. The van der Waals surface area contributed by atoms with E-state index in [4.69, 9.17) is 4.42 Å². The molecule has 2 N–H and O–H groups in total. The second-order valence-electron chi connectivity index (χ2n) is 4.10. The quantitative estimate of drug-likeness (QED) is 0.719. The van der Waals surface area contributed by atoms with E-state index in [1.165, 1.54) is 0 Å². The molecule has 0 fully saturated rings. The van der Waals surface area contributed by atoms with Gasteiger partial charge in [-0.1, -0.05) is 6.07 Å². The minimum atomic E-state index is 0.247. The fourth-order valence-corrected chi connectivity index (χ4v) is 2.23. The average Bonchev–Trinajstić information content (AvgIpc) is 2.83. The summed E-state index contributed by atoms with van der Waals surface area (Å²) in [4.78, 5) is 4.40. The number of nitrogens with zero attached hydrogens (tertiary/aromatic N) is 1. The van der Waals surface area contributed by atoms with E-state index in [0.29, 0.717) is 12.4 Å². The minimum absolute atomic E-state index is 0.247. The van der Waals surface area contributed by atoms with Gasteiger partial charge in [0.1, 0.15) is 11.3 Å². The Kier molecular flexibility index (Phi) is 3.13. The number of aromatic hydroxyl groups is 1. The standard InChI is InChI=1S/C14H11BrN2O2/c15-11-2-1-3-12-14(11)19-13(17-12)8-16-9-4-6-10(18)7-5-9/h1-7,16,18H,8H2. The molecule has 0 radical (unpaired) electrons. The Morgan fingerprint density at radius 1 is 1.16 bits per heavy atom. The summed E-state index contributed by atoms with van der Waals surface area (Å²) < 4.78 is 6.57. The van der Waals surface area contributed by atoms with Crippen LogP contribution >= 0.6 is 15.9 Å². The molecule has 4 nitrogen and oxygen atoms in total. The van der Waals surface area contributed by atoms with Crippen LogP contribution in [0.2, 0.25) is 0 Å². The van der Waals surface area contributed by atoms with E-state index in [0.717, 1.165) is 21.3 Å². The number of aromatic nitrogens is 1. The van der Waals surface area contributed by atoms with E-state index in [-0.39, 0.29) is 5.75 Å². The fourth-order valence-electron chi connectivity index (χ4n) is 1.79. The lowest BCUT2D eigenvalue weighted by Crippen LogP contribution is -1.98. The molecule has 0 atom stereocenters. The molecule has 0 bridgehead atoms. The zero-order valence-electron chi connectivity index (χ0n) is 9.93. The first-order valence-corrected chi connectivity index (χ1v) is 6.58. The van der Waals surface area contributed by atoms with Crippen molar-refractivity contribution in [1.29, 1.82) is 0 Å². The van der Waals surface area contributed by atoms with Gasteiger partial charge in [-0.15, -0.1) is 0 Å². The van der Waals surface area contributed by atoms with Gasteiger partial charge in [0.25, 0.3) is 0 Å². The van der Waals surface area contributed by atoms with E-state index in [1.807, 2.05) is 18.2 Å². The van der Waals surface area contributed by atoms with E-state index in [9.17, 15) is 5.11 Å². The maximum absolute atomic E-state index is 9.20. The fraction of sp³-hybridized carbons (Fsp3) is 0.0714. The smallest absolute Gasteiger partial charge is 0.214 e. The molecule has 96 valence electrons. The van der Waals surface area contributed by atoms with Crippen LogP contribution in [0.25, 0.3) is 11.1 Å². The first-order valence-electron chi connectivity index (χ1n) is 5.79. The van der Waals surface area contributed by atoms with Gasteiger partial charge in [0.05, 0.1) is 11.0 Å². The molecule has 19 heavy (non-hydrogen) atoms. The van der Waals surface area contributed by atoms with Crippen molar-refractivity contribution in [1.82, 2.24) is 4.98 Å². The Hall–Kier alpha value is -2.01. The van der Waals surface area contributed by atoms with Gasteiger partial charge in [-0.05, 0) is 52.3 Å². The molecule has 1 aromatic heterocycles. The van der Waals surface area contributed by atoms with Gasteiger partial charge in [-0.25, -0.2) is 4.98 Å². The molecule has 0 amide bonds. The lowest BCUT2D eigenvalue weighted by Gasteiger charge is -2.02. The SMILES string of the molecule is Oc1ccc(NCc2nc3cccc(Br)c3o2)cc1. The number of phenolic OH excluding ortho intramolecular Hbond substituents is 1. The average molecular weight is 319 g/mol. The zero-order chi connectivity index (χ0) is 13.2. The van der Waals surface area contributed by atoms with Gasteiger partial charge in [-0.2, -0.15) is 0 Å². The van der Waals surface area contributed by atoms with Crippen LogP contribution in [-0.2, 0) is 6.54 Å². The van der Waals surface area contributed by atoms with Crippen LogP contribution in [0.4, 0.5) is 5.69 Å². The van der Waals surface area contributed by atoms with Crippen molar-refractivity contribution in [3.8, 4) is 5.75 Å². The monoisotopic (exact) mass is 318 g/mol. The molecule has 0 unspecified atom stereocenters. The van der Waals surface area contributed by atoms with Crippen LogP contribution in [0.15, 0.2) is 51.4 Å². The number of oxazole rings is 1. The van der Waals surface area contributed by atoms with Crippen molar-refractivity contribution in [3.63, 3.8) is 0 Å². The van der Waals surface area contributed by atoms with E-state index >= 15 is 0 Å². The summed E-state index contributed by atoms with van der Waals surface area (Å²) in [6, 6.07) is 12.6. The number of hydrogen-bond acceptors (Lipinski definition) is 4. The van der Waals surface area contributed by atoms with Crippen molar-refractivity contribution in [2.24, 2.45) is 0 Å². The molecule has 5 heteroatoms. The van der Waals surface area contributed by atoms with Crippen LogP contribution in [0.5, 0.6) is 5.75 Å². The molecule has 3 aromatic rings.